The number of aromatic nitrogens is 4. The van der Waals surface area contributed by atoms with Crippen LogP contribution in [-0.4, -0.2) is 71.9 Å². The largest absolute Gasteiger partial charge is 0.379 e. The summed E-state index contributed by atoms with van der Waals surface area (Å²) in [5.74, 6) is 0.900. The number of fused-ring (bicyclic) bond motifs is 1. The van der Waals surface area contributed by atoms with E-state index < -0.39 is 9.84 Å². The van der Waals surface area contributed by atoms with Gasteiger partial charge in [0.1, 0.15) is 5.82 Å². The zero-order valence-corrected chi connectivity index (χ0v) is 18.7. The van der Waals surface area contributed by atoms with E-state index in [9.17, 15) is 8.42 Å². The minimum absolute atomic E-state index is 0.172. The summed E-state index contributed by atoms with van der Waals surface area (Å²) >= 11 is 0. The maximum atomic E-state index is 11.9. The molecule has 1 fully saturated rings. The molecule has 0 N–H and O–H groups in total. The van der Waals surface area contributed by atoms with E-state index in [-0.39, 0.29) is 5.16 Å². The van der Waals surface area contributed by atoms with Gasteiger partial charge in [-0.2, -0.15) is 0 Å². The predicted molar refractivity (Wildman–Crippen MR) is 120 cm³/mol. The van der Waals surface area contributed by atoms with Crippen molar-refractivity contribution in [3.63, 3.8) is 0 Å². The highest BCUT2D eigenvalue weighted by atomic mass is 32.2. The molecule has 4 heterocycles. The first-order valence-electron chi connectivity index (χ1n) is 10.8. The Morgan fingerprint density at radius 3 is 2.77 bits per heavy atom. The Labute approximate surface area is 183 Å². The summed E-state index contributed by atoms with van der Waals surface area (Å²) in [6.45, 7) is 4.82. The second-order valence-electron chi connectivity index (χ2n) is 7.94. The van der Waals surface area contributed by atoms with Gasteiger partial charge in [-0.05, 0) is 50.3 Å². The number of hydrogen-bond donors (Lipinski definition) is 0. The van der Waals surface area contributed by atoms with Gasteiger partial charge in [-0.25, -0.2) is 23.4 Å². The number of imidazole rings is 1. The maximum absolute atomic E-state index is 11.9. The Morgan fingerprint density at radius 1 is 1.13 bits per heavy atom. The number of rotatable bonds is 7. The van der Waals surface area contributed by atoms with Crippen molar-refractivity contribution in [3.05, 3.63) is 36.4 Å². The predicted octanol–water partition coefficient (Wildman–Crippen LogP) is 2.89. The fourth-order valence-corrected chi connectivity index (χ4v) is 4.43. The molecule has 0 bridgehead atoms. The lowest BCUT2D eigenvalue weighted by Gasteiger charge is -2.26. The highest BCUT2D eigenvalue weighted by molar-refractivity contribution is 7.90. The van der Waals surface area contributed by atoms with Crippen LogP contribution in [0.1, 0.15) is 37.9 Å². The number of nitrogens with zero attached hydrogens (tertiary/aromatic N) is 5. The average Bonchev–Trinajstić information content (AvgIpc) is 3.16. The van der Waals surface area contributed by atoms with E-state index >= 15 is 0 Å². The minimum atomic E-state index is -3.48. The molecule has 0 spiro atoms. The highest BCUT2D eigenvalue weighted by Gasteiger charge is 2.18. The summed E-state index contributed by atoms with van der Waals surface area (Å²) in [6, 6.07) is 1.72. The molecule has 0 amide bonds. The normalized spacial score (nSPS) is 20.4. The molecular weight excluding hydrogens is 414 g/mol. The van der Waals surface area contributed by atoms with Crippen LogP contribution in [0.4, 0.5) is 0 Å². The molecule has 0 unspecified atom stereocenters. The van der Waals surface area contributed by atoms with E-state index in [1.165, 1.54) is 11.8 Å². The van der Waals surface area contributed by atoms with Gasteiger partial charge in [0.25, 0.3) is 0 Å². The zero-order chi connectivity index (χ0) is 21.7. The van der Waals surface area contributed by atoms with Crippen LogP contribution in [0.25, 0.3) is 23.2 Å². The van der Waals surface area contributed by atoms with Crippen LogP contribution < -0.4 is 0 Å². The molecule has 9 heteroatoms. The maximum Gasteiger partial charge on any atom is 0.247 e. The number of sulfone groups is 1. The van der Waals surface area contributed by atoms with Gasteiger partial charge in [0.15, 0.2) is 0 Å². The first-order chi connectivity index (χ1) is 15.0. The van der Waals surface area contributed by atoms with Crippen LogP contribution in [0.3, 0.4) is 0 Å². The SMILES string of the molecule is CS(=O)(=O)c1nccc(-c2cnc3n2/C=C\CC/C=C\3CCCCN2CCOCC2)n1. The lowest BCUT2D eigenvalue weighted by molar-refractivity contribution is 0.0372. The first kappa shape index (κ1) is 21.9. The van der Waals surface area contributed by atoms with E-state index in [1.807, 2.05) is 10.8 Å². The summed E-state index contributed by atoms with van der Waals surface area (Å²) in [7, 11) is -3.48. The fourth-order valence-electron chi connectivity index (χ4n) is 3.92. The summed E-state index contributed by atoms with van der Waals surface area (Å²) in [4.78, 5) is 15.3. The average molecular weight is 444 g/mol. The molecule has 2 aromatic heterocycles. The second kappa shape index (κ2) is 9.84. The molecule has 2 aliphatic rings. The molecule has 31 heavy (non-hydrogen) atoms. The topological polar surface area (TPSA) is 90.2 Å². The Kier molecular flexibility index (Phi) is 6.94. The number of morpholine rings is 1. The van der Waals surface area contributed by atoms with Crippen molar-refractivity contribution in [2.45, 2.75) is 37.3 Å². The van der Waals surface area contributed by atoms with Crippen LogP contribution in [0.2, 0.25) is 0 Å². The van der Waals surface area contributed by atoms with Gasteiger partial charge in [0.05, 0.1) is 30.8 Å². The summed E-state index contributed by atoms with van der Waals surface area (Å²) in [5, 5.41) is -0.172. The fraction of sp³-hybridized carbons (Fsp3) is 0.500. The molecule has 166 valence electrons. The van der Waals surface area contributed by atoms with E-state index in [1.54, 1.807) is 12.3 Å². The molecule has 1 saturated heterocycles. The summed E-state index contributed by atoms with van der Waals surface area (Å²) in [5.41, 5.74) is 2.54. The molecule has 0 atom stereocenters. The third-order valence-electron chi connectivity index (χ3n) is 5.56. The number of unbranched alkanes of at least 4 members (excludes halogenated alkanes) is 1. The summed E-state index contributed by atoms with van der Waals surface area (Å²) < 4.78 is 31.2. The van der Waals surface area contributed by atoms with Crippen molar-refractivity contribution in [1.82, 2.24) is 24.4 Å². The molecular formula is C22H29N5O3S. The van der Waals surface area contributed by atoms with Gasteiger partial charge in [0.2, 0.25) is 15.0 Å². The molecule has 0 saturated carbocycles. The standard InChI is InChI=1S/C22H29N5O3S/c1-31(28,29)22-23-10-9-19(25-22)20-17-24-21-18(7-3-2-5-12-27(20)21)8-4-6-11-26-13-15-30-16-14-26/h5,7,9-10,12,17H,2-4,6,8,11,13-16H2,1H3/b12-5-,18-7-. The van der Waals surface area contributed by atoms with E-state index in [0.717, 1.165) is 82.7 Å². The molecule has 4 rings (SSSR count). The van der Waals surface area contributed by atoms with Gasteiger partial charge in [-0.3, -0.25) is 9.47 Å². The van der Waals surface area contributed by atoms with Gasteiger partial charge in [-0.1, -0.05) is 12.2 Å². The van der Waals surface area contributed by atoms with Crippen LogP contribution in [0.5, 0.6) is 0 Å². The van der Waals surface area contributed by atoms with Gasteiger partial charge in [-0.15, -0.1) is 0 Å². The Morgan fingerprint density at radius 2 is 1.97 bits per heavy atom. The van der Waals surface area contributed by atoms with Crippen molar-refractivity contribution in [1.29, 1.82) is 0 Å². The lowest BCUT2D eigenvalue weighted by atomic mass is 10.0. The van der Waals surface area contributed by atoms with Gasteiger partial charge in [0, 0.05) is 31.7 Å². The van der Waals surface area contributed by atoms with Gasteiger partial charge < -0.3 is 4.74 Å². The van der Waals surface area contributed by atoms with Crippen molar-refractivity contribution in [2.75, 3.05) is 39.1 Å². The quantitative estimate of drug-likeness (QED) is 0.480. The van der Waals surface area contributed by atoms with Crippen LogP contribution >= 0.6 is 0 Å². The first-order valence-corrected chi connectivity index (χ1v) is 12.7. The van der Waals surface area contributed by atoms with Crippen molar-refractivity contribution < 1.29 is 13.2 Å². The second-order valence-corrected chi connectivity index (χ2v) is 9.85. The molecule has 8 nitrogen and oxygen atoms in total. The smallest absolute Gasteiger partial charge is 0.247 e. The zero-order valence-electron chi connectivity index (χ0n) is 17.9. The van der Waals surface area contributed by atoms with E-state index in [2.05, 4.69) is 32.0 Å². The monoisotopic (exact) mass is 443 g/mol. The van der Waals surface area contributed by atoms with Crippen LogP contribution in [0.15, 0.2) is 35.8 Å². The third-order valence-corrected chi connectivity index (χ3v) is 6.42. The van der Waals surface area contributed by atoms with Gasteiger partial charge >= 0.3 is 0 Å². The van der Waals surface area contributed by atoms with Crippen molar-refractivity contribution in [3.8, 4) is 11.4 Å². The molecule has 0 aromatic carbocycles. The van der Waals surface area contributed by atoms with E-state index in [4.69, 9.17) is 4.74 Å². The third kappa shape index (κ3) is 5.47. The Bertz CT molecular complexity index is 1070. The van der Waals surface area contributed by atoms with Crippen LogP contribution in [0, 0.1) is 0 Å². The van der Waals surface area contributed by atoms with E-state index in [0.29, 0.717) is 5.69 Å². The molecule has 0 radical (unpaired) electrons. The van der Waals surface area contributed by atoms with Crippen molar-refractivity contribution in [2.24, 2.45) is 0 Å². The Balaban J connectivity index is 1.51. The summed E-state index contributed by atoms with van der Waals surface area (Å²) in [6.07, 6.45) is 15.9. The number of ether oxygens (including phenoxy) is 1. The molecule has 2 aliphatic heterocycles. The molecule has 2 aromatic rings. The molecule has 0 aliphatic carbocycles. The number of hydrogen-bond acceptors (Lipinski definition) is 7. The minimum Gasteiger partial charge on any atom is -0.379 e. The Hall–Kier alpha value is -2.36. The number of allylic oxidation sites excluding steroid dienone is 3. The van der Waals surface area contributed by atoms with Crippen molar-refractivity contribution >= 4 is 21.6 Å². The van der Waals surface area contributed by atoms with Crippen LogP contribution in [-0.2, 0) is 14.6 Å². The lowest BCUT2D eigenvalue weighted by Crippen LogP contribution is -2.36. The highest BCUT2D eigenvalue weighted by Crippen LogP contribution is 2.28.